The first-order valence-electron chi connectivity index (χ1n) is 21.1. The minimum atomic E-state index is -4.69. The molecule has 0 aliphatic carbocycles. The van der Waals surface area contributed by atoms with Crippen LogP contribution in [-0.4, -0.2) is 81.2 Å². The first kappa shape index (κ1) is 53.9. The zero-order chi connectivity index (χ0) is 42.3. The van der Waals surface area contributed by atoms with Crippen molar-refractivity contribution in [3.8, 4) is 0 Å². The molecule has 0 aliphatic heterocycles. The first-order valence-corrected chi connectivity index (χ1v) is 22.5. The molecule has 0 bridgehead atoms. The summed E-state index contributed by atoms with van der Waals surface area (Å²) >= 11 is 0. The van der Waals surface area contributed by atoms with Crippen molar-refractivity contribution in [3.05, 3.63) is 97.2 Å². The van der Waals surface area contributed by atoms with Gasteiger partial charge in [0.25, 0.3) is 7.82 Å². The number of esters is 2. The number of unbranched alkanes of at least 4 members (excludes halogenated alkanes) is 5. The molecule has 0 amide bonds. The highest BCUT2D eigenvalue weighted by atomic mass is 31.2. The number of carbonyl (C=O) groups excluding carboxylic acids is 2. The molecule has 0 rings (SSSR count). The van der Waals surface area contributed by atoms with Gasteiger partial charge in [0.15, 0.2) is 6.10 Å². The molecule has 0 aliphatic rings. The van der Waals surface area contributed by atoms with Crippen molar-refractivity contribution in [2.24, 2.45) is 0 Å². The fraction of sp³-hybridized carbons (Fsp3) is 0.609. The number of nitrogens with zero attached hydrogens (tertiary/aromatic N) is 1. The molecular weight excluding hydrogens is 741 g/mol. The number of quaternary nitrogens is 1. The van der Waals surface area contributed by atoms with E-state index in [4.69, 9.17) is 18.5 Å². The molecule has 10 nitrogen and oxygen atoms in total. The summed E-state index contributed by atoms with van der Waals surface area (Å²) in [5.41, 5.74) is 0. The topological polar surface area (TPSA) is 131 Å². The van der Waals surface area contributed by atoms with E-state index in [2.05, 4.69) is 86.8 Å². The van der Waals surface area contributed by atoms with Gasteiger partial charge in [-0.2, -0.15) is 0 Å². The molecule has 0 heterocycles. The van der Waals surface area contributed by atoms with Gasteiger partial charge in [-0.25, -0.2) is 0 Å². The number of likely N-dealkylation sites (N-methyl/N-ethyl adjacent to an activating group) is 1. The fourth-order valence-corrected chi connectivity index (χ4v) is 5.59. The Labute approximate surface area is 346 Å². The Kier molecular flexibility index (Phi) is 35.2. The zero-order valence-corrected chi connectivity index (χ0v) is 36.7. The third kappa shape index (κ3) is 40.9. The number of phosphoric ester groups is 1. The van der Waals surface area contributed by atoms with E-state index in [0.29, 0.717) is 30.3 Å². The third-order valence-corrected chi connectivity index (χ3v) is 9.16. The van der Waals surface area contributed by atoms with Crippen LogP contribution in [0, 0.1) is 0 Å². The average Bonchev–Trinajstić information content (AvgIpc) is 3.15. The summed E-state index contributed by atoms with van der Waals surface area (Å²) < 4.78 is 33.6. The molecule has 11 heteroatoms. The molecule has 0 radical (unpaired) electrons. The highest BCUT2D eigenvalue weighted by molar-refractivity contribution is 7.45. The number of aliphatic hydroxyl groups excluding tert-OH is 1. The number of carbonyl (C=O) groups is 2. The monoisotopic (exact) mass is 818 g/mol. The van der Waals surface area contributed by atoms with Gasteiger partial charge < -0.3 is 33.0 Å². The van der Waals surface area contributed by atoms with Crippen LogP contribution in [0.5, 0.6) is 0 Å². The third-order valence-electron chi connectivity index (χ3n) is 8.19. The minimum absolute atomic E-state index is 0.0318. The van der Waals surface area contributed by atoms with Gasteiger partial charge in [-0.3, -0.25) is 14.2 Å². The fourth-order valence-electron chi connectivity index (χ4n) is 4.86. The van der Waals surface area contributed by atoms with Gasteiger partial charge in [-0.15, -0.1) is 0 Å². The molecular formula is C46H76NO9P. The van der Waals surface area contributed by atoms with E-state index in [-0.39, 0.29) is 26.1 Å². The summed E-state index contributed by atoms with van der Waals surface area (Å²) in [6.07, 6.45) is 44.7. The summed E-state index contributed by atoms with van der Waals surface area (Å²) in [6.45, 7) is 3.77. The van der Waals surface area contributed by atoms with Crippen LogP contribution in [0.2, 0.25) is 0 Å². The van der Waals surface area contributed by atoms with Crippen LogP contribution in [0.4, 0.5) is 0 Å². The standard InChI is InChI=1S/C46H76NO9P/c1-6-8-10-12-14-16-18-20-21-23-25-27-29-31-33-37-46(50)56-44(42-55-57(51,52)54-40-39-47(3,4)5)41-53-45(49)38-34-36-43(48)35-32-30-28-26-24-22-19-17-15-13-11-9-7-2/h9,11,14-17,20-22,24-25,27-28,30,32,35,43-44,48H,6-8,10,12-13,18-19,23,26,29,31,33-34,36-42H2,1-5H3/b11-9-,16-14-,17-15-,21-20-,24-22-,27-25-,30-28-,35-32+/t43?,44-/m1/s1. The molecule has 0 aromatic rings. The second kappa shape index (κ2) is 37.2. The Morgan fingerprint density at radius 2 is 1.21 bits per heavy atom. The number of aliphatic hydroxyl groups is 1. The number of ether oxygens (including phenoxy) is 2. The van der Waals surface area contributed by atoms with Gasteiger partial charge in [-0.05, 0) is 83.5 Å². The lowest BCUT2D eigenvalue weighted by atomic mass is 10.1. The van der Waals surface area contributed by atoms with Gasteiger partial charge in [0.05, 0.1) is 33.9 Å². The maximum absolute atomic E-state index is 12.6. The van der Waals surface area contributed by atoms with Crippen molar-refractivity contribution in [3.63, 3.8) is 0 Å². The van der Waals surface area contributed by atoms with E-state index in [1.54, 1.807) is 12.2 Å². The quantitative estimate of drug-likeness (QED) is 0.0164. The van der Waals surface area contributed by atoms with Crippen LogP contribution in [-0.2, 0) is 32.7 Å². The highest BCUT2D eigenvalue weighted by Crippen LogP contribution is 2.38. The van der Waals surface area contributed by atoms with Crippen molar-refractivity contribution in [1.29, 1.82) is 0 Å². The molecule has 324 valence electrons. The maximum Gasteiger partial charge on any atom is 0.306 e. The number of hydrogen-bond acceptors (Lipinski definition) is 9. The predicted octanol–water partition coefficient (Wildman–Crippen LogP) is 10.1. The lowest BCUT2D eigenvalue weighted by Crippen LogP contribution is -2.37. The molecule has 0 fully saturated rings. The van der Waals surface area contributed by atoms with Crippen LogP contribution in [0.3, 0.4) is 0 Å². The summed E-state index contributed by atoms with van der Waals surface area (Å²) in [5, 5.41) is 10.3. The van der Waals surface area contributed by atoms with Crippen molar-refractivity contribution in [1.82, 2.24) is 0 Å². The molecule has 3 atom stereocenters. The average molecular weight is 818 g/mol. The molecule has 57 heavy (non-hydrogen) atoms. The first-order chi connectivity index (χ1) is 27.4. The Bertz CT molecular complexity index is 1310. The normalized spacial score (nSPS) is 15.1. The van der Waals surface area contributed by atoms with Crippen LogP contribution < -0.4 is 4.89 Å². The van der Waals surface area contributed by atoms with E-state index in [1.165, 1.54) is 19.3 Å². The predicted molar refractivity (Wildman–Crippen MR) is 232 cm³/mol. The number of phosphoric acid groups is 1. The molecule has 0 saturated heterocycles. The highest BCUT2D eigenvalue weighted by Gasteiger charge is 2.21. The van der Waals surface area contributed by atoms with Gasteiger partial charge >= 0.3 is 11.9 Å². The SMILES string of the molecule is CC/C=C\C/C=C\C/C=C\C/C=C\C=C\C(O)CCCC(=O)OC[C@H](COP(=O)([O-])OCC[N+](C)(C)C)OC(=O)CCCC/C=C\C/C=C\C/C=C\CCCCC. The molecule has 1 N–H and O–H groups in total. The van der Waals surface area contributed by atoms with E-state index in [0.717, 1.165) is 57.8 Å². The van der Waals surface area contributed by atoms with Gasteiger partial charge in [0.1, 0.15) is 19.8 Å². The van der Waals surface area contributed by atoms with E-state index in [1.807, 2.05) is 33.3 Å². The van der Waals surface area contributed by atoms with Crippen LogP contribution in [0.25, 0.3) is 0 Å². The molecule has 0 aromatic carbocycles. The number of hydrogen-bond donors (Lipinski definition) is 1. The van der Waals surface area contributed by atoms with Gasteiger partial charge in [-0.1, -0.05) is 124 Å². The summed E-state index contributed by atoms with van der Waals surface area (Å²) in [6, 6.07) is 0. The lowest BCUT2D eigenvalue weighted by molar-refractivity contribution is -0.870. The number of rotatable bonds is 36. The van der Waals surface area contributed by atoms with Crippen molar-refractivity contribution >= 4 is 19.8 Å². The maximum atomic E-state index is 12.6. The van der Waals surface area contributed by atoms with E-state index in [9.17, 15) is 24.2 Å². The smallest absolute Gasteiger partial charge is 0.306 e. The Hall–Kier alpha value is -3.11. The molecule has 2 unspecified atom stereocenters. The Balaban J connectivity index is 4.68. The zero-order valence-electron chi connectivity index (χ0n) is 35.8. The summed E-state index contributed by atoms with van der Waals surface area (Å²) in [7, 11) is 1.02. The second-order valence-electron chi connectivity index (χ2n) is 14.8. The van der Waals surface area contributed by atoms with Gasteiger partial charge in [0, 0.05) is 12.8 Å². The number of allylic oxidation sites excluding steroid dienone is 15. The van der Waals surface area contributed by atoms with Crippen molar-refractivity contribution < 1.29 is 47.2 Å². The summed E-state index contributed by atoms with van der Waals surface area (Å²) in [4.78, 5) is 37.5. The van der Waals surface area contributed by atoms with Crippen LogP contribution >= 0.6 is 7.82 Å². The summed E-state index contributed by atoms with van der Waals surface area (Å²) in [5.74, 6) is -1.10. The lowest BCUT2D eigenvalue weighted by Gasteiger charge is -2.28. The Morgan fingerprint density at radius 1 is 0.667 bits per heavy atom. The Morgan fingerprint density at radius 3 is 1.79 bits per heavy atom. The van der Waals surface area contributed by atoms with Crippen molar-refractivity contribution in [2.75, 3.05) is 47.5 Å². The van der Waals surface area contributed by atoms with Gasteiger partial charge in [0.2, 0.25) is 0 Å². The van der Waals surface area contributed by atoms with Crippen LogP contribution in [0.15, 0.2) is 97.2 Å². The molecule has 0 aromatic heterocycles. The van der Waals surface area contributed by atoms with Crippen LogP contribution in [0.1, 0.15) is 123 Å². The molecule has 0 saturated carbocycles. The minimum Gasteiger partial charge on any atom is -0.756 e. The van der Waals surface area contributed by atoms with Crippen molar-refractivity contribution in [2.45, 2.75) is 135 Å². The second-order valence-corrected chi connectivity index (χ2v) is 16.2. The molecule has 0 spiro atoms. The largest absolute Gasteiger partial charge is 0.756 e. The van der Waals surface area contributed by atoms with E-state index < -0.39 is 38.6 Å². The van der Waals surface area contributed by atoms with E-state index >= 15 is 0 Å².